The molecule has 0 aromatic heterocycles. The number of nitrogens with zero attached hydrogens (tertiary/aromatic N) is 2. The smallest absolute Gasteiger partial charge is 0.0873 e. The highest BCUT2D eigenvalue weighted by Crippen LogP contribution is 2.25. The fourth-order valence-electron chi connectivity index (χ4n) is 1.19. The number of nitrogen functional groups attached to an aromatic ring is 1. The molecule has 2 aromatic carbocycles. The van der Waals surface area contributed by atoms with E-state index in [9.17, 15) is 0 Å². The van der Waals surface area contributed by atoms with Crippen molar-refractivity contribution in [2.24, 2.45) is 10.2 Å². The van der Waals surface area contributed by atoms with Gasteiger partial charge in [-0.3, -0.25) is 0 Å². The highest BCUT2D eigenvalue weighted by molar-refractivity contribution is 6.33. The standard InChI is InChI=1S/C12H10ClN3/c13-11-8-10(6-7-12(11)14)16-15-9-4-2-1-3-5-9/h1-8H,14H2/b16-15+. The molecule has 2 N–H and O–H groups in total. The molecule has 0 saturated heterocycles. The lowest BCUT2D eigenvalue weighted by Gasteiger charge is -1.97. The summed E-state index contributed by atoms with van der Waals surface area (Å²) in [6, 6.07) is 14.7. The van der Waals surface area contributed by atoms with Crippen molar-refractivity contribution in [3.8, 4) is 0 Å². The fourth-order valence-corrected chi connectivity index (χ4v) is 1.36. The van der Waals surface area contributed by atoms with E-state index < -0.39 is 0 Å². The summed E-state index contributed by atoms with van der Waals surface area (Å²) < 4.78 is 0. The van der Waals surface area contributed by atoms with Crippen molar-refractivity contribution in [1.29, 1.82) is 0 Å². The van der Waals surface area contributed by atoms with Crippen molar-refractivity contribution in [2.75, 3.05) is 5.73 Å². The largest absolute Gasteiger partial charge is 0.398 e. The Balaban J connectivity index is 2.21. The Kier molecular flexibility index (Phi) is 3.17. The van der Waals surface area contributed by atoms with Crippen LogP contribution in [0.25, 0.3) is 0 Å². The molecule has 0 saturated carbocycles. The SMILES string of the molecule is Nc1ccc(/N=N/c2ccccc2)cc1Cl. The highest BCUT2D eigenvalue weighted by atomic mass is 35.5. The van der Waals surface area contributed by atoms with Crippen LogP contribution in [0.3, 0.4) is 0 Å². The van der Waals surface area contributed by atoms with Crippen LogP contribution in [0.4, 0.5) is 17.1 Å². The topological polar surface area (TPSA) is 50.7 Å². The second-order valence-corrected chi connectivity index (χ2v) is 3.65. The average molecular weight is 232 g/mol. The number of nitrogens with two attached hydrogens (primary N) is 1. The van der Waals surface area contributed by atoms with Gasteiger partial charge in [-0.15, -0.1) is 0 Å². The second-order valence-electron chi connectivity index (χ2n) is 3.24. The average Bonchev–Trinajstić information content (AvgIpc) is 2.32. The third-order valence-electron chi connectivity index (χ3n) is 2.02. The van der Waals surface area contributed by atoms with Crippen LogP contribution in [0.15, 0.2) is 58.8 Å². The lowest BCUT2D eigenvalue weighted by molar-refractivity contribution is 1.23. The van der Waals surface area contributed by atoms with Crippen LogP contribution >= 0.6 is 11.6 Å². The van der Waals surface area contributed by atoms with Crippen LogP contribution in [0.1, 0.15) is 0 Å². The molecule has 0 amide bonds. The first-order valence-corrected chi connectivity index (χ1v) is 5.15. The predicted octanol–water partition coefficient (Wildman–Crippen LogP) is 4.34. The lowest BCUT2D eigenvalue weighted by Crippen LogP contribution is -1.83. The molecule has 0 aliphatic rings. The zero-order valence-electron chi connectivity index (χ0n) is 8.47. The maximum atomic E-state index is 5.87. The van der Waals surface area contributed by atoms with E-state index in [-0.39, 0.29) is 0 Å². The van der Waals surface area contributed by atoms with E-state index in [4.69, 9.17) is 17.3 Å². The van der Waals surface area contributed by atoms with Crippen LogP contribution in [-0.4, -0.2) is 0 Å². The number of anilines is 1. The molecule has 0 radical (unpaired) electrons. The van der Waals surface area contributed by atoms with Crippen molar-refractivity contribution in [3.63, 3.8) is 0 Å². The zero-order chi connectivity index (χ0) is 11.4. The maximum Gasteiger partial charge on any atom is 0.0873 e. The van der Waals surface area contributed by atoms with Gasteiger partial charge in [0.15, 0.2) is 0 Å². The quantitative estimate of drug-likeness (QED) is 0.607. The Morgan fingerprint density at radius 1 is 0.875 bits per heavy atom. The van der Waals surface area contributed by atoms with E-state index in [1.54, 1.807) is 18.2 Å². The Morgan fingerprint density at radius 3 is 2.25 bits per heavy atom. The van der Waals surface area contributed by atoms with Crippen LogP contribution in [0.5, 0.6) is 0 Å². The molecule has 80 valence electrons. The minimum Gasteiger partial charge on any atom is -0.398 e. The van der Waals surface area contributed by atoms with Gasteiger partial charge in [-0.2, -0.15) is 10.2 Å². The lowest BCUT2D eigenvalue weighted by atomic mass is 10.3. The fraction of sp³-hybridized carbons (Fsp3) is 0. The number of azo groups is 1. The monoisotopic (exact) mass is 231 g/mol. The molecule has 4 heteroatoms. The first-order valence-electron chi connectivity index (χ1n) is 4.77. The van der Waals surface area contributed by atoms with Crippen LogP contribution in [0, 0.1) is 0 Å². The van der Waals surface area contributed by atoms with Crippen molar-refractivity contribution in [3.05, 3.63) is 53.6 Å². The van der Waals surface area contributed by atoms with E-state index in [0.717, 1.165) is 5.69 Å². The van der Waals surface area contributed by atoms with Gasteiger partial charge < -0.3 is 5.73 Å². The second kappa shape index (κ2) is 4.77. The molecule has 0 bridgehead atoms. The molecule has 0 unspecified atom stereocenters. The molecule has 0 atom stereocenters. The van der Waals surface area contributed by atoms with Crippen molar-refractivity contribution in [1.82, 2.24) is 0 Å². The molecule has 0 heterocycles. The van der Waals surface area contributed by atoms with E-state index in [0.29, 0.717) is 16.4 Å². The van der Waals surface area contributed by atoms with Crippen molar-refractivity contribution < 1.29 is 0 Å². The Hall–Kier alpha value is -1.87. The Morgan fingerprint density at radius 2 is 1.56 bits per heavy atom. The molecular weight excluding hydrogens is 222 g/mol. The molecule has 0 aliphatic carbocycles. The summed E-state index contributed by atoms with van der Waals surface area (Å²) in [5, 5.41) is 8.63. The molecule has 0 fully saturated rings. The van der Waals surface area contributed by atoms with Crippen LogP contribution in [-0.2, 0) is 0 Å². The summed E-state index contributed by atoms with van der Waals surface area (Å²) in [6.45, 7) is 0. The summed E-state index contributed by atoms with van der Waals surface area (Å²) in [4.78, 5) is 0. The van der Waals surface area contributed by atoms with E-state index in [1.165, 1.54) is 0 Å². The van der Waals surface area contributed by atoms with E-state index in [1.807, 2.05) is 30.3 Å². The summed E-state index contributed by atoms with van der Waals surface area (Å²) in [7, 11) is 0. The first kappa shape index (κ1) is 10.6. The minimum atomic E-state index is 0.490. The summed E-state index contributed by atoms with van der Waals surface area (Å²) in [5.74, 6) is 0. The van der Waals surface area contributed by atoms with Gasteiger partial charge in [-0.25, -0.2) is 0 Å². The highest BCUT2D eigenvalue weighted by Gasteiger charge is 1.96. The number of hydrogen-bond donors (Lipinski definition) is 1. The first-order chi connectivity index (χ1) is 7.75. The predicted molar refractivity (Wildman–Crippen MR) is 66.5 cm³/mol. The molecule has 2 rings (SSSR count). The van der Waals surface area contributed by atoms with E-state index in [2.05, 4.69) is 10.2 Å². The number of benzene rings is 2. The molecule has 16 heavy (non-hydrogen) atoms. The molecule has 0 aliphatic heterocycles. The minimum absolute atomic E-state index is 0.490. The van der Waals surface area contributed by atoms with Gasteiger partial charge >= 0.3 is 0 Å². The zero-order valence-corrected chi connectivity index (χ0v) is 9.22. The normalized spacial score (nSPS) is 10.8. The van der Waals surface area contributed by atoms with Crippen molar-refractivity contribution >= 4 is 28.7 Å². The van der Waals surface area contributed by atoms with Gasteiger partial charge in [-0.05, 0) is 30.3 Å². The molecule has 3 nitrogen and oxygen atoms in total. The third-order valence-corrected chi connectivity index (χ3v) is 2.35. The van der Waals surface area contributed by atoms with Gasteiger partial charge in [-0.1, -0.05) is 29.8 Å². The number of rotatable bonds is 2. The molecule has 0 spiro atoms. The summed E-state index contributed by atoms with van der Waals surface area (Å²) in [5.41, 5.74) is 7.62. The third kappa shape index (κ3) is 2.58. The molecular formula is C12H10ClN3. The van der Waals surface area contributed by atoms with Gasteiger partial charge in [0.1, 0.15) is 0 Å². The Bertz CT molecular complexity index is 509. The van der Waals surface area contributed by atoms with Gasteiger partial charge in [0.2, 0.25) is 0 Å². The van der Waals surface area contributed by atoms with Gasteiger partial charge in [0.05, 0.1) is 22.1 Å². The van der Waals surface area contributed by atoms with E-state index >= 15 is 0 Å². The number of hydrogen-bond acceptors (Lipinski definition) is 3. The molecule has 2 aromatic rings. The van der Waals surface area contributed by atoms with Gasteiger partial charge in [0.25, 0.3) is 0 Å². The number of halogens is 1. The van der Waals surface area contributed by atoms with Crippen LogP contribution in [0.2, 0.25) is 5.02 Å². The Labute approximate surface area is 98.6 Å². The van der Waals surface area contributed by atoms with Crippen molar-refractivity contribution in [2.45, 2.75) is 0 Å². The van der Waals surface area contributed by atoms with Gasteiger partial charge in [0, 0.05) is 0 Å². The maximum absolute atomic E-state index is 5.87. The summed E-state index contributed by atoms with van der Waals surface area (Å²) in [6.07, 6.45) is 0. The summed E-state index contributed by atoms with van der Waals surface area (Å²) >= 11 is 5.87. The van der Waals surface area contributed by atoms with Crippen LogP contribution < -0.4 is 5.73 Å².